The quantitative estimate of drug-likeness (QED) is 0.0619. The lowest BCUT2D eigenvalue weighted by atomic mass is 9.49. The Hall–Kier alpha value is -5.82. The average molecular weight is 963 g/mol. The van der Waals surface area contributed by atoms with Gasteiger partial charge in [0.25, 0.3) is 5.91 Å². The van der Waals surface area contributed by atoms with E-state index in [1.807, 2.05) is 81.3 Å². The van der Waals surface area contributed by atoms with E-state index in [-0.39, 0.29) is 54.8 Å². The number of hydrogen-bond acceptors (Lipinski definition) is 11. The van der Waals surface area contributed by atoms with Gasteiger partial charge < -0.3 is 35.3 Å². The summed E-state index contributed by atoms with van der Waals surface area (Å²) in [5.74, 6) is -0.200. The van der Waals surface area contributed by atoms with E-state index in [1.54, 1.807) is 46.7 Å². The van der Waals surface area contributed by atoms with Crippen LogP contribution in [0.4, 0.5) is 5.69 Å². The Kier molecular flexibility index (Phi) is 15.3. The Labute approximate surface area is 408 Å². The van der Waals surface area contributed by atoms with Crippen molar-refractivity contribution in [2.24, 2.45) is 23.8 Å². The van der Waals surface area contributed by atoms with Crippen molar-refractivity contribution >= 4 is 46.3 Å². The number of rotatable bonds is 18. The number of aliphatic hydroxyl groups is 1. The molecule has 68 heavy (non-hydrogen) atoms. The molecular formula is C52H64ClN9O5S. The van der Waals surface area contributed by atoms with Crippen LogP contribution < -0.4 is 20.7 Å². The predicted octanol–water partition coefficient (Wildman–Crippen LogP) is 8.79. The third kappa shape index (κ3) is 10.6. The maximum atomic E-state index is 14.4. The van der Waals surface area contributed by atoms with Crippen molar-refractivity contribution in [1.29, 1.82) is 5.26 Å². The van der Waals surface area contributed by atoms with Gasteiger partial charge in [-0.1, -0.05) is 83.8 Å². The van der Waals surface area contributed by atoms with Gasteiger partial charge in [-0.25, -0.2) is 15.0 Å². The summed E-state index contributed by atoms with van der Waals surface area (Å²) in [5.41, 5.74) is 6.62. The topological polar surface area (TPSA) is 187 Å². The van der Waals surface area contributed by atoms with Crippen LogP contribution in [0.25, 0.3) is 10.4 Å². The zero-order valence-corrected chi connectivity index (χ0v) is 42.0. The molecular weight excluding hydrogens is 898 g/mol. The first-order valence-corrected chi connectivity index (χ1v) is 24.7. The molecule has 7 rings (SSSR count). The first-order valence-electron chi connectivity index (χ1n) is 23.5. The highest BCUT2D eigenvalue weighted by atomic mass is 35.5. The monoisotopic (exact) mass is 961 g/mol. The lowest BCUT2D eigenvalue weighted by Gasteiger charge is -2.63. The van der Waals surface area contributed by atoms with Gasteiger partial charge in [0.15, 0.2) is 0 Å². The first kappa shape index (κ1) is 50.1. The Balaban J connectivity index is 0.861. The van der Waals surface area contributed by atoms with E-state index >= 15 is 0 Å². The number of benzene rings is 2. The molecule has 2 fully saturated rings. The highest BCUT2D eigenvalue weighted by Crippen LogP contribution is 2.55. The zero-order valence-electron chi connectivity index (χ0n) is 40.5. The van der Waals surface area contributed by atoms with Crippen molar-refractivity contribution < 1.29 is 24.2 Å². The smallest absolute Gasteiger partial charge is 0.270 e. The molecule has 0 bridgehead atoms. The number of aryl methyl sites for hydroxylation is 2. The van der Waals surface area contributed by atoms with Crippen LogP contribution in [0.1, 0.15) is 125 Å². The molecule has 0 radical (unpaired) electrons. The summed E-state index contributed by atoms with van der Waals surface area (Å²) in [7, 11) is 1.94. The minimum atomic E-state index is -0.800. The Morgan fingerprint density at radius 2 is 1.72 bits per heavy atom. The summed E-state index contributed by atoms with van der Waals surface area (Å²) in [5, 5.41) is 30.0. The molecule has 4 N–H and O–H groups in total. The zero-order chi connectivity index (χ0) is 49.1. The van der Waals surface area contributed by atoms with Crippen molar-refractivity contribution in [3.8, 4) is 22.3 Å². The third-order valence-corrected chi connectivity index (χ3v) is 15.1. The van der Waals surface area contributed by atoms with E-state index in [0.29, 0.717) is 27.9 Å². The number of ether oxygens (including phenoxy) is 1. The molecule has 2 aliphatic rings. The van der Waals surface area contributed by atoms with Gasteiger partial charge >= 0.3 is 0 Å². The van der Waals surface area contributed by atoms with Crippen molar-refractivity contribution in [3.63, 3.8) is 0 Å². The number of pyridine rings is 1. The SMILES string of the molecule is Cc1ncsc1-c1ccc(C(C)NC(=O)[C@@H]2C[C@@H](O)CN2C(=O)C(c2ncc(CCCCCNc3ccc(C(=O)NC4C(C)(C)C(Oc5ccc(C#N)c(Cl)c5)C4(C)C)nc3)n2C)C(C)C)cc1. The minimum absolute atomic E-state index is 0.0901. The number of thiazole rings is 1. The van der Waals surface area contributed by atoms with E-state index in [4.69, 9.17) is 21.3 Å². The van der Waals surface area contributed by atoms with Gasteiger partial charge in [-0.3, -0.25) is 14.4 Å². The lowest BCUT2D eigenvalue weighted by molar-refractivity contribution is -0.164. The molecule has 4 heterocycles. The summed E-state index contributed by atoms with van der Waals surface area (Å²) < 4.78 is 8.37. The Morgan fingerprint density at radius 3 is 2.35 bits per heavy atom. The second-order valence-electron chi connectivity index (χ2n) is 19.9. The lowest BCUT2D eigenvalue weighted by Crippen LogP contribution is -2.74. The number of halogens is 1. The number of amides is 3. The molecule has 1 saturated carbocycles. The molecule has 1 aliphatic carbocycles. The summed E-state index contributed by atoms with van der Waals surface area (Å²) in [6.45, 7) is 17.0. The molecule has 360 valence electrons. The molecule has 2 unspecified atom stereocenters. The number of nitrogens with zero attached hydrogens (tertiary/aromatic N) is 6. The van der Waals surface area contributed by atoms with Gasteiger partial charge in [0.05, 0.1) is 56.6 Å². The van der Waals surface area contributed by atoms with Gasteiger partial charge in [-0.15, -0.1) is 11.3 Å². The van der Waals surface area contributed by atoms with Crippen LogP contribution in [0.2, 0.25) is 5.02 Å². The minimum Gasteiger partial charge on any atom is -0.489 e. The van der Waals surface area contributed by atoms with Crippen molar-refractivity contribution in [1.82, 2.24) is 35.1 Å². The van der Waals surface area contributed by atoms with Gasteiger partial charge in [-0.05, 0) is 74.4 Å². The summed E-state index contributed by atoms with van der Waals surface area (Å²) >= 11 is 7.84. The van der Waals surface area contributed by atoms with Gasteiger partial charge in [-0.2, -0.15) is 5.26 Å². The van der Waals surface area contributed by atoms with Crippen molar-refractivity contribution in [2.75, 3.05) is 18.4 Å². The van der Waals surface area contributed by atoms with Crippen LogP contribution in [0.15, 0.2) is 72.5 Å². The number of likely N-dealkylation sites (tertiary alicyclic amines) is 1. The molecule has 1 saturated heterocycles. The number of unbranched alkanes of at least 4 members (excludes halogenated alkanes) is 2. The van der Waals surface area contributed by atoms with Crippen LogP contribution in [0, 0.1) is 35.0 Å². The fourth-order valence-electron chi connectivity index (χ4n) is 10.3. The molecule has 4 atom stereocenters. The summed E-state index contributed by atoms with van der Waals surface area (Å²) in [6, 6.07) is 17.5. The van der Waals surface area contributed by atoms with Crippen LogP contribution in [-0.2, 0) is 23.1 Å². The number of hydrogen-bond donors (Lipinski definition) is 4. The number of aromatic nitrogens is 4. The maximum absolute atomic E-state index is 14.4. The molecule has 3 amide bonds. The normalized spacial score (nSPS) is 20.2. The van der Waals surface area contributed by atoms with Crippen LogP contribution in [-0.4, -0.2) is 84.6 Å². The largest absolute Gasteiger partial charge is 0.489 e. The third-order valence-electron chi connectivity index (χ3n) is 13.8. The van der Waals surface area contributed by atoms with E-state index < -0.39 is 28.9 Å². The molecule has 5 aromatic rings. The number of aliphatic hydroxyl groups excluding tert-OH is 1. The van der Waals surface area contributed by atoms with Gasteiger partial charge in [0.1, 0.15) is 35.5 Å². The molecule has 3 aromatic heterocycles. The van der Waals surface area contributed by atoms with Crippen LogP contribution >= 0.6 is 22.9 Å². The molecule has 16 heteroatoms. The molecule has 1 aliphatic heterocycles. The highest BCUT2D eigenvalue weighted by Gasteiger charge is 2.64. The molecule has 2 aromatic carbocycles. The Morgan fingerprint density at radius 1 is 0.985 bits per heavy atom. The number of carbonyl (C=O) groups excluding carboxylic acids is 3. The fraction of sp³-hybridized carbons (Fsp3) is 0.481. The fourth-order valence-corrected chi connectivity index (χ4v) is 11.4. The van der Waals surface area contributed by atoms with Gasteiger partial charge in [0.2, 0.25) is 11.8 Å². The molecule has 0 spiro atoms. The van der Waals surface area contributed by atoms with E-state index in [9.17, 15) is 24.8 Å². The van der Waals surface area contributed by atoms with E-state index in [0.717, 1.165) is 65.3 Å². The highest BCUT2D eigenvalue weighted by molar-refractivity contribution is 7.13. The van der Waals surface area contributed by atoms with Gasteiger partial charge in [0, 0.05) is 61.4 Å². The van der Waals surface area contributed by atoms with Crippen LogP contribution in [0.3, 0.4) is 0 Å². The second kappa shape index (κ2) is 20.8. The number of nitriles is 1. The predicted molar refractivity (Wildman–Crippen MR) is 265 cm³/mol. The standard InChI is InChI=1S/C52H64ClN9O5S/c1-30(2)43(48(66)62-28-38(63)23-42(62)47(65)59-31(3)33-14-16-34(17-15-33)44-32(4)58-29-68-44)45-57-27-37(61(45)9)13-11-10-12-22-55-36-19-21-41(56-26-36)46(64)60-49-51(5,6)50(52(49,7)8)67-39-20-18-35(25-54)40(53)24-39/h14-21,24,26-27,29-31,38,42-43,49-50,55,63H,10-13,22-23,28H2,1-9H3,(H,59,65)(H,60,64)/t31?,38-,42+,43?,49?,50?/m1/s1. The van der Waals surface area contributed by atoms with Crippen molar-refractivity contribution in [3.05, 3.63) is 112 Å². The second-order valence-corrected chi connectivity index (χ2v) is 21.1. The maximum Gasteiger partial charge on any atom is 0.270 e. The summed E-state index contributed by atoms with van der Waals surface area (Å²) in [4.78, 5) is 57.8. The average Bonchev–Trinajstić information content (AvgIpc) is 4.03. The van der Waals surface area contributed by atoms with Crippen molar-refractivity contribution in [2.45, 2.75) is 124 Å². The number of anilines is 1. The molecule has 14 nitrogen and oxygen atoms in total. The van der Waals surface area contributed by atoms with Crippen LogP contribution in [0.5, 0.6) is 5.75 Å². The first-order chi connectivity index (χ1) is 32.3. The van der Waals surface area contributed by atoms with E-state index in [2.05, 4.69) is 59.7 Å². The number of nitrogens with one attached hydrogen (secondary N) is 3. The number of imidazole rings is 1. The number of β-amino-alcohol motifs (C(OH)–C–C–N with tert-alkyl or cyclic N) is 1. The van der Waals surface area contributed by atoms with E-state index in [1.165, 1.54) is 0 Å². The Bertz CT molecular complexity index is 2620. The summed E-state index contributed by atoms with van der Waals surface area (Å²) in [6.07, 6.45) is 6.28. The number of carbonyl (C=O) groups is 3.